The first-order valence-electron chi connectivity index (χ1n) is 8.80. The maximum atomic E-state index is 5.50. The van der Waals surface area contributed by atoms with E-state index >= 15 is 0 Å². The number of para-hydroxylation sites is 2. The fraction of sp³-hybridized carbons (Fsp3) is 0.300. The second kappa shape index (κ2) is 7.07. The zero-order valence-electron chi connectivity index (χ0n) is 15.0. The van der Waals surface area contributed by atoms with Gasteiger partial charge in [0.2, 0.25) is 0 Å². The lowest BCUT2D eigenvalue weighted by Crippen LogP contribution is -2.52. The molecule has 1 saturated heterocycles. The Morgan fingerprint density at radius 2 is 1.81 bits per heavy atom. The molecule has 6 nitrogen and oxygen atoms in total. The Bertz CT molecular complexity index is 865. The molecule has 0 amide bonds. The van der Waals surface area contributed by atoms with Crippen molar-refractivity contribution in [3.63, 3.8) is 0 Å². The van der Waals surface area contributed by atoms with E-state index in [4.69, 9.17) is 9.26 Å². The van der Waals surface area contributed by atoms with Gasteiger partial charge < -0.3 is 19.1 Å². The lowest BCUT2D eigenvalue weighted by atomic mass is 10.1. The summed E-state index contributed by atoms with van der Waals surface area (Å²) < 4.78 is 11.0. The van der Waals surface area contributed by atoms with Crippen LogP contribution in [0.1, 0.15) is 6.92 Å². The predicted octanol–water partition coefficient (Wildman–Crippen LogP) is 3.46. The van der Waals surface area contributed by atoms with Crippen molar-refractivity contribution in [2.75, 3.05) is 36.5 Å². The Morgan fingerprint density at radius 1 is 1.04 bits per heavy atom. The molecule has 0 radical (unpaired) electrons. The number of benzene rings is 2. The number of methoxy groups -OCH3 is 1. The summed E-state index contributed by atoms with van der Waals surface area (Å²) in [5.41, 5.74) is 2.06. The van der Waals surface area contributed by atoms with Crippen molar-refractivity contribution in [1.82, 2.24) is 10.1 Å². The van der Waals surface area contributed by atoms with Crippen molar-refractivity contribution < 1.29 is 9.26 Å². The topological polar surface area (TPSA) is 54.6 Å². The number of ether oxygens (including phenoxy) is 1. The van der Waals surface area contributed by atoms with Gasteiger partial charge in [-0.15, -0.1) is 0 Å². The van der Waals surface area contributed by atoms with E-state index in [0.717, 1.165) is 36.6 Å². The van der Waals surface area contributed by atoms with E-state index in [1.54, 1.807) is 7.11 Å². The quantitative estimate of drug-likeness (QED) is 0.718. The molecule has 0 bridgehead atoms. The Balaban J connectivity index is 1.50. The third-order valence-corrected chi connectivity index (χ3v) is 4.75. The molecule has 0 aliphatic carbocycles. The van der Waals surface area contributed by atoms with Gasteiger partial charge in [-0.1, -0.05) is 30.3 Å². The van der Waals surface area contributed by atoms with Crippen LogP contribution in [-0.2, 0) is 0 Å². The molecule has 1 aliphatic heterocycles. The first-order chi connectivity index (χ1) is 12.8. The number of piperazine rings is 1. The third kappa shape index (κ3) is 3.10. The second-order valence-electron chi connectivity index (χ2n) is 6.43. The lowest BCUT2D eigenvalue weighted by Gasteiger charge is -2.40. The molecular formula is C20H22N4O2. The van der Waals surface area contributed by atoms with Crippen molar-refractivity contribution >= 4 is 11.6 Å². The van der Waals surface area contributed by atoms with Gasteiger partial charge in [0, 0.05) is 31.2 Å². The van der Waals surface area contributed by atoms with Gasteiger partial charge in [0.05, 0.1) is 12.8 Å². The van der Waals surface area contributed by atoms with E-state index in [9.17, 15) is 0 Å². The summed E-state index contributed by atoms with van der Waals surface area (Å²) in [4.78, 5) is 9.13. The summed E-state index contributed by atoms with van der Waals surface area (Å²) in [6.07, 6.45) is 0. The fourth-order valence-corrected chi connectivity index (χ4v) is 3.39. The van der Waals surface area contributed by atoms with Crippen molar-refractivity contribution in [3.05, 3.63) is 54.6 Å². The van der Waals surface area contributed by atoms with Crippen LogP contribution in [-0.4, -0.2) is 42.9 Å². The number of hydrogen-bond acceptors (Lipinski definition) is 6. The molecule has 0 unspecified atom stereocenters. The first-order valence-corrected chi connectivity index (χ1v) is 8.80. The van der Waals surface area contributed by atoms with Crippen LogP contribution in [0.4, 0.5) is 11.6 Å². The highest BCUT2D eigenvalue weighted by atomic mass is 16.5. The summed E-state index contributed by atoms with van der Waals surface area (Å²) in [6.45, 7) is 4.75. The van der Waals surface area contributed by atoms with E-state index < -0.39 is 0 Å². The molecule has 0 N–H and O–H groups in total. The molecule has 1 fully saturated rings. The Labute approximate surface area is 153 Å². The molecular weight excluding hydrogens is 328 g/mol. The van der Waals surface area contributed by atoms with Gasteiger partial charge in [0.25, 0.3) is 11.8 Å². The highest BCUT2D eigenvalue weighted by molar-refractivity contribution is 5.60. The van der Waals surface area contributed by atoms with Crippen molar-refractivity contribution in [2.45, 2.75) is 13.0 Å². The normalized spacial score (nSPS) is 17.4. The number of aromatic nitrogens is 2. The molecule has 6 heteroatoms. The molecule has 2 aromatic carbocycles. The Morgan fingerprint density at radius 3 is 2.58 bits per heavy atom. The first kappa shape index (κ1) is 16.4. The van der Waals surface area contributed by atoms with Crippen molar-refractivity contribution in [2.24, 2.45) is 0 Å². The molecule has 26 heavy (non-hydrogen) atoms. The van der Waals surface area contributed by atoms with E-state index in [1.165, 1.54) is 0 Å². The Kier molecular flexibility index (Phi) is 4.48. The van der Waals surface area contributed by atoms with Crippen LogP contribution in [0.25, 0.3) is 11.5 Å². The molecule has 2 heterocycles. The average molecular weight is 350 g/mol. The zero-order chi connectivity index (χ0) is 17.9. The molecule has 0 spiro atoms. The number of rotatable bonds is 4. The number of nitrogens with zero attached hydrogens (tertiary/aromatic N) is 4. The minimum atomic E-state index is 0.259. The maximum absolute atomic E-state index is 5.50. The molecule has 1 aromatic heterocycles. The van der Waals surface area contributed by atoms with Crippen LogP contribution < -0.4 is 14.5 Å². The van der Waals surface area contributed by atoms with Gasteiger partial charge in [0.15, 0.2) is 0 Å². The molecule has 3 aromatic rings. The van der Waals surface area contributed by atoms with Gasteiger partial charge in [-0.2, -0.15) is 4.98 Å². The van der Waals surface area contributed by atoms with Crippen LogP contribution in [0.2, 0.25) is 0 Å². The monoisotopic (exact) mass is 350 g/mol. The third-order valence-electron chi connectivity index (χ3n) is 4.75. The molecule has 1 aliphatic rings. The van der Waals surface area contributed by atoms with Gasteiger partial charge in [-0.05, 0) is 36.3 Å². The summed E-state index contributed by atoms with van der Waals surface area (Å²) in [7, 11) is 1.71. The van der Waals surface area contributed by atoms with Crippen molar-refractivity contribution in [1.29, 1.82) is 0 Å². The predicted molar refractivity (Wildman–Crippen MR) is 102 cm³/mol. The SMILES string of the molecule is COc1ccccc1N1CCN(c2noc(-c3ccccc3)n2)[C@@H](C)C1. The van der Waals surface area contributed by atoms with Gasteiger partial charge in [-0.3, -0.25) is 0 Å². The highest BCUT2D eigenvalue weighted by Gasteiger charge is 2.28. The molecule has 4 rings (SSSR count). The van der Waals surface area contributed by atoms with Gasteiger partial charge >= 0.3 is 0 Å². The summed E-state index contributed by atoms with van der Waals surface area (Å²) in [5, 5.41) is 4.19. The average Bonchev–Trinajstić information content (AvgIpc) is 3.18. The smallest absolute Gasteiger partial charge is 0.266 e. The van der Waals surface area contributed by atoms with Crippen LogP contribution >= 0.6 is 0 Å². The maximum Gasteiger partial charge on any atom is 0.266 e. The zero-order valence-corrected chi connectivity index (χ0v) is 15.0. The van der Waals surface area contributed by atoms with Crippen LogP contribution in [0, 0.1) is 0 Å². The van der Waals surface area contributed by atoms with E-state index in [2.05, 4.69) is 32.9 Å². The minimum Gasteiger partial charge on any atom is -0.495 e. The van der Waals surface area contributed by atoms with Gasteiger partial charge in [-0.25, -0.2) is 0 Å². The largest absolute Gasteiger partial charge is 0.495 e. The second-order valence-corrected chi connectivity index (χ2v) is 6.43. The number of anilines is 2. The lowest BCUT2D eigenvalue weighted by molar-refractivity contribution is 0.410. The molecule has 134 valence electrons. The minimum absolute atomic E-state index is 0.259. The fourth-order valence-electron chi connectivity index (χ4n) is 3.39. The van der Waals surface area contributed by atoms with Crippen LogP contribution in [0.3, 0.4) is 0 Å². The van der Waals surface area contributed by atoms with E-state index in [0.29, 0.717) is 11.8 Å². The van der Waals surface area contributed by atoms with Crippen LogP contribution in [0.15, 0.2) is 59.1 Å². The van der Waals surface area contributed by atoms with Crippen molar-refractivity contribution in [3.8, 4) is 17.2 Å². The highest BCUT2D eigenvalue weighted by Crippen LogP contribution is 2.30. The van der Waals surface area contributed by atoms with Gasteiger partial charge in [0.1, 0.15) is 5.75 Å². The van der Waals surface area contributed by atoms with Crippen LogP contribution in [0.5, 0.6) is 5.75 Å². The summed E-state index contributed by atoms with van der Waals surface area (Å²) in [5.74, 6) is 2.11. The molecule has 0 saturated carbocycles. The summed E-state index contributed by atoms with van der Waals surface area (Å²) in [6, 6.07) is 18.2. The van der Waals surface area contributed by atoms with E-state index in [1.807, 2.05) is 48.5 Å². The van der Waals surface area contributed by atoms with E-state index in [-0.39, 0.29) is 6.04 Å². The summed E-state index contributed by atoms with van der Waals surface area (Å²) >= 11 is 0. The standard InChI is InChI=1S/C20H22N4O2/c1-15-14-23(17-10-6-7-11-18(17)25-2)12-13-24(15)20-21-19(26-22-20)16-8-4-3-5-9-16/h3-11,15H,12-14H2,1-2H3/t15-/m0/s1. The Hall–Kier alpha value is -3.02. The number of hydrogen-bond donors (Lipinski definition) is 0. The molecule has 1 atom stereocenters.